The van der Waals surface area contributed by atoms with Gasteiger partial charge in [0.1, 0.15) is 0 Å². The molecule has 2 aliphatic heterocycles. The van der Waals surface area contributed by atoms with Crippen LogP contribution in [0.2, 0.25) is 0 Å². The van der Waals surface area contributed by atoms with E-state index in [9.17, 15) is 0 Å². The smallest absolute Gasteiger partial charge is 0.236 e. The van der Waals surface area contributed by atoms with Gasteiger partial charge in [-0.25, -0.2) is 0 Å². The Kier molecular flexibility index (Phi) is 3.76. The van der Waals surface area contributed by atoms with Crippen LogP contribution in [0.1, 0.15) is 43.3 Å². The summed E-state index contributed by atoms with van der Waals surface area (Å²) < 4.78 is 5.28. The molecule has 19 heavy (non-hydrogen) atoms. The molecular weight excluding hydrogens is 260 g/mol. The van der Waals surface area contributed by atoms with E-state index in [1.54, 1.807) is 0 Å². The first-order valence-corrected chi connectivity index (χ1v) is 7.92. The van der Waals surface area contributed by atoms with Gasteiger partial charge in [0.15, 0.2) is 5.82 Å². The molecule has 0 aliphatic carbocycles. The summed E-state index contributed by atoms with van der Waals surface area (Å²) in [4.78, 5) is 7.02. The molecule has 0 amide bonds. The maximum atomic E-state index is 8.50. The molecule has 0 N–H and O–H groups in total. The molecule has 2 unspecified atom stereocenters. The minimum atomic E-state index is 0.451. The second-order valence-electron chi connectivity index (χ2n) is 5.42. The Morgan fingerprint density at radius 2 is 2.16 bits per heavy atom. The van der Waals surface area contributed by atoms with Crippen molar-refractivity contribution in [2.24, 2.45) is 0 Å². The number of rotatable bonds is 4. The molecule has 1 aromatic rings. The Morgan fingerprint density at radius 3 is 2.84 bits per heavy atom. The third kappa shape index (κ3) is 2.63. The minimum Gasteiger partial charge on any atom is -0.338 e. The molecule has 0 spiro atoms. The number of hydrogen-bond donors (Lipinski definition) is 0. The van der Waals surface area contributed by atoms with Crippen LogP contribution in [0.5, 0.6) is 0 Å². The van der Waals surface area contributed by atoms with Gasteiger partial charge in [-0.1, -0.05) is 5.16 Å². The molecule has 2 fully saturated rings. The van der Waals surface area contributed by atoms with Crippen molar-refractivity contribution in [2.75, 3.05) is 12.8 Å². The summed E-state index contributed by atoms with van der Waals surface area (Å²) >= 11 is 1.51. The van der Waals surface area contributed by atoms with Crippen LogP contribution < -0.4 is 0 Å². The number of fused-ring (bicyclic) bond motifs is 2. The lowest BCUT2D eigenvalue weighted by atomic mass is 9.90. The van der Waals surface area contributed by atoms with Gasteiger partial charge >= 0.3 is 0 Å². The third-order valence-corrected chi connectivity index (χ3v) is 5.12. The van der Waals surface area contributed by atoms with Gasteiger partial charge < -0.3 is 9.42 Å². The van der Waals surface area contributed by atoms with Crippen molar-refractivity contribution >= 4 is 11.8 Å². The summed E-state index contributed by atoms with van der Waals surface area (Å²) in [5, 5.41) is 12.6. The quantitative estimate of drug-likeness (QED) is 0.786. The second-order valence-corrected chi connectivity index (χ2v) is 6.40. The van der Waals surface area contributed by atoms with E-state index in [0.717, 1.165) is 18.7 Å². The molecular formula is C13H18N4OS. The lowest BCUT2D eigenvalue weighted by Gasteiger charge is -2.34. The first-order valence-electron chi connectivity index (χ1n) is 6.77. The molecule has 3 rings (SSSR count). The van der Waals surface area contributed by atoms with E-state index in [0.29, 0.717) is 35.4 Å². The summed E-state index contributed by atoms with van der Waals surface area (Å²) in [6, 6.07) is 3.49. The predicted molar refractivity (Wildman–Crippen MR) is 72.6 cm³/mol. The van der Waals surface area contributed by atoms with Crippen molar-refractivity contribution in [2.45, 2.75) is 49.4 Å². The van der Waals surface area contributed by atoms with Crippen LogP contribution in [0.3, 0.4) is 0 Å². The molecule has 0 aromatic carbocycles. The zero-order valence-electron chi connectivity index (χ0n) is 11.1. The van der Waals surface area contributed by atoms with Crippen molar-refractivity contribution in [3.05, 3.63) is 11.7 Å². The lowest BCUT2D eigenvalue weighted by Crippen LogP contribution is -2.39. The van der Waals surface area contributed by atoms with Gasteiger partial charge in [0.05, 0.1) is 17.6 Å². The largest absolute Gasteiger partial charge is 0.338 e. The third-order valence-electron chi connectivity index (χ3n) is 4.34. The fourth-order valence-electron chi connectivity index (χ4n) is 3.30. The van der Waals surface area contributed by atoms with Crippen LogP contribution in [0.4, 0.5) is 0 Å². The Labute approximate surface area is 117 Å². The standard InChI is InChI=1S/C13H18N4OS/c1-17-10-2-3-11(17)7-9(6-10)13-15-12(18-16-13)8-19-5-4-14/h9-11H,2-3,5-8H2,1H3. The van der Waals surface area contributed by atoms with Gasteiger partial charge in [-0.2, -0.15) is 10.2 Å². The van der Waals surface area contributed by atoms with E-state index in [4.69, 9.17) is 9.78 Å². The SMILES string of the molecule is CN1C2CCC1CC(c1noc(CSCC#N)n1)C2. The number of aromatic nitrogens is 2. The molecule has 6 heteroatoms. The molecule has 2 bridgehead atoms. The topological polar surface area (TPSA) is 66.0 Å². The van der Waals surface area contributed by atoms with Crippen LogP contribution in [-0.4, -0.2) is 39.9 Å². The maximum absolute atomic E-state index is 8.50. The van der Waals surface area contributed by atoms with Gasteiger partial charge in [0.25, 0.3) is 0 Å². The monoisotopic (exact) mass is 278 g/mol. The van der Waals surface area contributed by atoms with Gasteiger partial charge in [-0.05, 0) is 32.7 Å². The Balaban J connectivity index is 1.62. The summed E-state index contributed by atoms with van der Waals surface area (Å²) in [5.74, 6) is 3.09. The lowest BCUT2D eigenvalue weighted by molar-refractivity contribution is 0.157. The van der Waals surface area contributed by atoms with Crippen molar-refractivity contribution < 1.29 is 4.52 Å². The first-order chi connectivity index (χ1) is 9.28. The van der Waals surface area contributed by atoms with Crippen LogP contribution in [0, 0.1) is 11.3 Å². The molecule has 2 atom stereocenters. The van der Waals surface area contributed by atoms with E-state index in [2.05, 4.69) is 28.2 Å². The van der Waals surface area contributed by atoms with E-state index < -0.39 is 0 Å². The van der Waals surface area contributed by atoms with E-state index in [-0.39, 0.29) is 0 Å². The highest BCUT2D eigenvalue weighted by atomic mass is 32.2. The Bertz CT molecular complexity index is 469. The first kappa shape index (κ1) is 12.9. The zero-order valence-corrected chi connectivity index (χ0v) is 11.9. The fraction of sp³-hybridized carbons (Fsp3) is 0.769. The summed E-state index contributed by atoms with van der Waals surface area (Å²) in [7, 11) is 2.23. The van der Waals surface area contributed by atoms with Crippen molar-refractivity contribution in [1.29, 1.82) is 5.26 Å². The van der Waals surface area contributed by atoms with Crippen LogP contribution in [-0.2, 0) is 5.75 Å². The predicted octanol–water partition coefficient (Wildman–Crippen LogP) is 2.17. The van der Waals surface area contributed by atoms with Crippen molar-refractivity contribution in [1.82, 2.24) is 15.0 Å². The molecule has 2 aliphatic rings. The van der Waals surface area contributed by atoms with Crippen molar-refractivity contribution in [3.8, 4) is 6.07 Å². The highest BCUT2D eigenvalue weighted by molar-refractivity contribution is 7.98. The number of nitriles is 1. The van der Waals surface area contributed by atoms with Crippen molar-refractivity contribution in [3.63, 3.8) is 0 Å². The fourth-order valence-corrected chi connectivity index (χ4v) is 3.78. The summed E-state index contributed by atoms with van der Waals surface area (Å²) in [5.41, 5.74) is 0. The normalized spacial score (nSPS) is 30.4. The molecule has 102 valence electrons. The van der Waals surface area contributed by atoms with E-state index in [1.165, 1.54) is 24.6 Å². The van der Waals surface area contributed by atoms with Gasteiger partial charge in [-0.15, -0.1) is 11.8 Å². The van der Waals surface area contributed by atoms with Gasteiger partial charge in [0, 0.05) is 18.0 Å². The molecule has 2 saturated heterocycles. The second kappa shape index (κ2) is 5.51. The molecule has 1 aromatic heterocycles. The number of nitrogens with zero attached hydrogens (tertiary/aromatic N) is 4. The van der Waals surface area contributed by atoms with Gasteiger partial charge in [-0.3, -0.25) is 0 Å². The summed E-state index contributed by atoms with van der Waals surface area (Å²) in [6.07, 6.45) is 4.91. The highest BCUT2D eigenvalue weighted by Gasteiger charge is 2.40. The Morgan fingerprint density at radius 1 is 1.42 bits per heavy atom. The minimum absolute atomic E-state index is 0.451. The molecule has 5 nitrogen and oxygen atoms in total. The molecule has 0 radical (unpaired) electrons. The Hall–Kier alpha value is -1.06. The number of hydrogen-bond acceptors (Lipinski definition) is 6. The average molecular weight is 278 g/mol. The number of piperidine rings is 1. The molecule has 0 saturated carbocycles. The van der Waals surface area contributed by atoms with Gasteiger partial charge in [0.2, 0.25) is 5.89 Å². The number of thioether (sulfide) groups is 1. The zero-order chi connectivity index (χ0) is 13.2. The maximum Gasteiger partial charge on any atom is 0.236 e. The molecule has 3 heterocycles. The van der Waals surface area contributed by atoms with E-state index in [1.807, 2.05) is 0 Å². The van der Waals surface area contributed by atoms with Crippen LogP contribution in [0.25, 0.3) is 0 Å². The highest BCUT2D eigenvalue weighted by Crippen LogP contribution is 2.41. The van der Waals surface area contributed by atoms with Crippen LogP contribution >= 0.6 is 11.8 Å². The van der Waals surface area contributed by atoms with Crippen LogP contribution in [0.15, 0.2) is 4.52 Å². The summed E-state index contributed by atoms with van der Waals surface area (Å²) in [6.45, 7) is 0. The average Bonchev–Trinajstić information content (AvgIpc) is 2.93. The van der Waals surface area contributed by atoms with E-state index >= 15 is 0 Å².